The van der Waals surface area contributed by atoms with Gasteiger partial charge in [0, 0.05) is 18.8 Å². The van der Waals surface area contributed by atoms with E-state index in [-0.39, 0.29) is 0 Å². The third kappa shape index (κ3) is 3.92. The van der Waals surface area contributed by atoms with Crippen LogP contribution in [0.4, 0.5) is 5.95 Å². The molecule has 0 spiro atoms. The number of rotatable bonds is 6. The first-order valence-electron chi connectivity index (χ1n) is 7.00. The van der Waals surface area contributed by atoms with Gasteiger partial charge >= 0.3 is 0 Å². The van der Waals surface area contributed by atoms with E-state index in [1.165, 1.54) is 5.56 Å². The second-order valence-electron chi connectivity index (χ2n) is 4.86. The molecule has 0 amide bonds. The Morgan fingerprint density at radius 1 is 1.24 bits per heavy atom. The zero-order valence-electron chi connectivity index (χ0n) is 12.7. The lowest BCUT2D eigenvalue weighted by Crippen LogP contribution is -2.30. The van der Waals surface area contributed by atoms with E-state index in [1.54, 1.807) is 19.4 Å². The van der Waals surface area contributed by atoms with Crippen LogP contribution < -0.4 is 9.64 Å². The number of aryl methyl sites for hydroxylation is 1. The summed E-state index contributed by atoms with van der Waals surface area (Å²) >= 11 is 0. The average molecular weight is 287 g/mol. The number of aliphatic hydroxyl groups is 1. The molecule has 1 N–H and O–H groups in total. The summed E-state index contributed by atoms with van der Waals surface area (Å²) in [6.45, 7) is 5.17. The van der Waals surface area contributed by atoms with Crippen LogP contribution >= 0.6 is 0 Å². The van der Waals surface area contributed by atoms with E-state index in [4.69, 9.17) is 4.74 Å². The standard InChI is InChI=1S/C16H21N3O2/c1-4-19(16-17-10-9-15(18-16)21-3)11-14(20)13-7-5-12(2)6-8-13/h5-10,14,20H,4,11H2,1-3H3. The zero-order chi connectivity index (χ0) is 15.2. The summed E-state index contributed by atoms with van der Waals surface area (Å²) < 4.78 is 5.11. The summed E-state index contributed by atoms with van der Waals surface area (Å²) in [6.07, 6.45) is 1.07. The molecule has 1 aromatic carbocycles. The van der Waals surface area contributed by atoms with E-state index < -0.39 is 6.10 Å². The lowest BCUT2D eigenvalue weighted by atomic mass is 10.1. The molecule has 112 valence electrons. The number of aromatic nitrogens is 2. The summed E-state index contributed by atoms with van der Waals surface area (Å²) in [4.78, 5) is 10.5. The lowest BCUT2D eigenvalue weighted by molar-refractivity contribution is 0.183. The van der Waals surface area contributed by atoms with Gasteiger partial charge in [0.05, 0.1) is 19.8 Å². The minimum atomic E-state index is -0.583. The van der Waals surface area contributed by atoms with Crippen LogP contribution in [0.3, 0.4) is 0 Å². The number of hydrogen-bond donors (Lipinski definition) is 1. The molecule has 2 aromatic rings. The molecule has 1 aromatic heterocycles. The first-order valence-corrected chi connectivity index (χ1v) is 7.00. The fourth-order valence-electron chi connectivity index (χ4n) is 2.05. The van der Waals surface area contributed by atoms with Gasteiger partial charge in [0.2, 0.25) is 11.8 Å². The monoisotopic (exact) mass is 287 g/mol. The summed E-state index contributed by atoms with van der Waals surface area (Å²) in [6, 6.07) is 9.59. The van der Waals surface area contributed by atoms with E-state index >= 15 is 0 Å². The SMILES string of the molecule is CCN(CC(O)c1ccc(C)cc1)c1nccc(OC)n1. The van der Waals surface area contributed by atoms with Crippen molar-refractivity contribution < 1.29 is 9.84 Å². The minimum absolute atomic E-state index is 0.437. The molecular weight excluding hydrogens is 266 g/mol. The number of nitrogens with zero attached hydrogens (tertiary/aromatic N) is 3. The quantitative estimate of drug-likeness (QED) is 0.884. The highest BCUT2D eigenvalue weighted by atomic mass is 16.5. The smallest absolute Gasteiger partial charge is 0.228 e. The molecular formula is C16H21N3O2. The highest BCUT2D eigenvalue weighted by Crippen LogP contribution is 2.18. The first-order chi connectivity index (χ1) is 10.1. The molecule has 5 nitrogen and oxygen atoms in total. The number of aliphatic hydroxyl groups excluding tert-OH is 1. The van der Waals surface area contributed by atoms with Gasteiger partial charge in [-0.15, -0.1) is 0 Å². The Balaban J connectivity index is 2.12. The molecule has 2 rings (SSSR count). The molecule has 1 atom stereocenters. The number of likely N-dealkylation sites (N-methyl/N-ethyl adjacent to an activating group) is 1. The number of anilines is 1. The zero-order valence-corrected chi connectivity index (χ0v) is 12.7. The fourth-order valence-corrected chi connectivity index (χ4v) is 2.05. The molecule has 21 heavy (non-hydrogen) atoms. The van der Waals surface area contributed by atoms with Crippen molar-refractivity contribution in [3.8, 4) is 5.88 Å². The van der Waals surface area contributed by atoms with Crippen molar-refractivity contribution in [1.82, 2.24) is 9.97 Å². The Morgan fingerprint density at radius 3 is 2.57 bits per heavy atom. The molecule has 0 aliphatic rings. The molecule has 0 bridgehead atoms. The Morgan fingerprint density at radius 2 is 1.95 bits per heavy atom. The van der Waals surface area contributed by atoms with E-state index in [2.05, 4.69) is 9.97 Å². The predicted molar refractivity (Wildman–Crippen MR) is 82.6 cm³/mol. The number of ether oxygens (including phenoxy) is 1. The van der Waals surface area contributed by atoms with Crippen molar-refractivity contribution in [2.75, 3.05) is 25.1 Å². The Kier molecular flexibility index (Phi) is 5.11. The summed E-state index contributed by atoms with van der Waals surface area (Å²) in [5.41, 5.74) is 2.07. The van der Waals surface area contributed by atoms with Crippen molar-refractivity contribution in [1.29, 1.82) is 0 Å². The Labute approximate surface area is 125 Å². The maximum atomic E-state index is 10.4. The topological polar surface area (TPSA) is 58.5 Å². The molecule has 0 saturated carbocycles. The van der Waals surface area contributed by atoms with Crippen molar-refractivity contribution in [2.45, 2.75) is 20.0 Å². The van der Waals surface area contributed by atoms with Gasteiger partial charge in [-0.05, 0) is 19.4 Å². The van der Waals surface area contributed by atoms with Gasteiger partial charge in [-0.3, -0.25) is 0 Å². The number of benzene rings is 1. The molecule has 0 aliphatic carbocycles. The Bertz CT molecular complexity index is 572. The minimum Gasteiger partial charge on any atom is -0.481 e. The second kappa shape index (κ2) is 7.04. The summed E-state index contributed by atoms with van der Waals surface area (Å²) in [7, 11) is 1.57. The van der Waals surface area contributed by atoms with E-state index in [1.807, 2.05) is 43.0 Å². The summed E-state index contributed by atoms with van der Waals surface area (Å²) in [5.74, 6) is 1.08. The van der Waals surface area contributed by atoms with Crippen LogP contribution in [0.15, 0.2) is 36.5 Å². The van der Waals surface area contributed by atoms with Crippen LogP contribution in [0.5, 0.6) is 5.88 Å². The maximum absolute atomic E-state index is 10.4. The van der Waals surface area contributed by atoms with Gasteiger partial charge in [-0.1, -0.05) is 29.8 Å². The van der Waals surface area contributed by atoms with E-state index in [0.29, 0.717) is 24.9 Å². The number of methoxy groups -OCH3 is 1. The third-order valence-corrected chi connectivity index (χ3v) is 3.35. The van der Waals surface area contributed by atoms with Crippen LogP contribution in [0, 0.1) is 6.92 Å². The average Bonchev–Trinajstić information content (AvgIpc) is 2.53. The third-order valence-electron chi connectivity index (χ3n) is 3.35. The van der Waals surface area contributed by atoms with Gasteiger partial charge in [0.15, 0.2) is 0 Å². The molecule has 0 saturated heterocycles. The van der Waals surface area contributed by atoms with Gasteiger partial charge in [0.25, 0.3) is 0 Å². The van der Waals surface area contributed by atoms with Crippen molar-refractivity contribution in [3.05, 3.63) is 47.7 Å². The molecule has 5 heteroatoms. The van der Waals surface area contributed by atoms with Gasteiger partial charge < -0.3 is 14.7 Å². The molecule has 0 fully saturated rings. The number of hydrogen-bond acceptors (Lipinski definition) is 5. The largest absolute Gasteiger partial charge is 0.481 e. The van der Waals surface area contributed by atoms with Crippen LogP contribution in [0.2, 0.25) is 0 Å². The van der Waals surface area contributed by atoms with Gasteiger partial charge in [-0.2, -0.15) is 4.98 Å². The summed E-state index contributed by atoms with van der Waals surface area (Å²) in [5, 5.41) is 10.4. The second-order valence-corrected chi connectivity index (χ2v) is 4.86. The highest BCUT2D eigenvalue weighted by Gasteiger charge is 2.15. The van der Waals surface area contributed by atoms with Crippen LogP contribution in [0.25, 0.3) is 0 Å². The van der Waals surface area contributed by atoms with Crippen LogP contribution in [-0.4, -0.2) is 35.3 Å². The van der Waals surface area contributed by atoms with Crippen molar-refractivity contribution in [2.24, 2.45) is 0 Å². The van der Waals surface area contributed by atoms with Crippen LogP contribution in [-0.2, 0) is 0 Å². The fraction of sp³-hybridized carbons (Fsp3) is 0.375. The molecule has 1 unspecified atom stereocenters. The molecule has 0 radical (unpaired) electrons. The first kappa shape index (κ1) is 15.3. The maximum Gasteiger partial charge on any atom is 0.228 e. The molecule has 1 heterocycles. The van der Waals surface area contributed by atoms with Crippen molar-refractivity contribution >= 4 is 5.95 Å². The van der Waals surface area contributed by atoms with E-state index in [9.17, 15) is 5.11 Å². The lowest BCUT2D eigenvalue weighted by Gasteiger charge is -2.24. The van der Waals surface area contributed by atoms with E-state index in [0.717, 1.165) is 5.56 Å². The Hall–Kier alpha value is -2.14. The van der Waals surface area contributed by atoms with Gasteiger partial charge in [0.1, 0.15) is 0 Å². The van der Waals surface area contributed by atoms with Crippen molar-refractivity contribution in [3.63, 3.8) is 0 Å². The van der Waals surface area contributed by atoms with Crippen LogP contribution in [0.1, 0.15) is 24.2 Å². The predicted octanol–water partition coefficient (Wildman–Crippen LogP) is 2.35. The normalized spacial score (nSPS) is 12.0. The molecule has 0 aliphatic heterocycles. The highest BCUT2D eigenvalue weighted by molar-refractivity contribution is 5.33. The van der Waals surface area contributed by atoms with Gasteiger partial charge in [-0.25, -0.2) is 4.98 Å².